The van der Waals surface area contributed by atoms with Gasteiger partial charge < -0.3 is 10.2 Å². The minimum Gasteiger partial charge on any atom is -0.349 e. The predicted molar refractivity (Wildman–Crippen MR) is 91.8 cm³/mol. The molecule has 0 atom stereocenters. The van der Waals surface area contributed by atoms with Gasteiger partial charge in [-0.1, -0.05) is 12.1 Å². The van der Waals surface area contributed by atoms with Crippen molar-refractivity contribution in [3.63, 3.8) is 0 Å². The maximum Gasteiger partial charge on any atom is 0.416 e. The number of carbonyl (C=O) groups is 1. The van der Waals surface area contributed by atoms with E-state index >= 15 is 0 Å². The number of halogens is 3. The first kappa shape index (κ1) is 18.0. The second-order valence-electron chi connectivity index (χ2n) is 7.39. The molecule has 1 fully saturated rings. The lowest BCUT2D eigenvalue weighted by Gasteiger charge is -2.40. The van der Waals surface area contributed by atoms with Crippen molar-refractivity contribution < 1.29 is 18.0 Å². The third-order valence-corrected chi connectivity index (χ3v) is 5.36. The van der Waals surface area contributed by atoms with Crippen LogP contribution in [0.25, 0.3) is 11.4 Å². The van der Waals surface area contributed by atoms with Crippen molar-refractivity contribution >= 4 is 5.91 Å². The average Bonchev–Trinajstić information content (AvgIpc) is 2.93. The first-order valence-electron chi connectivity index (χ1n) is 8.85. The molecule has 0 radical (unpaired) electrons. The van der Waals surface area contributed by atoms with Crippen molar-refractivity contribution in [3.05, 3.63) is 35.7 Å². The molecule has 0 aliphatic carbocycles. The van der Waals surface area contributed by atoms with Gasteiger partial charge in [-0.15, -0.1) is 0 Å². The summed E-state index contributed by atoms with van der Waals surface area (Å²) in [5.41, 5.74) is -0.541. The van der Waals surface area contributed by atoms with Gasteiger partial charge in [0.15, 0.2) is 5.82 Å². The van der Waals surface area contributed by atoms with Crippen LogP contribution in [0.5, 0.6) is 0 Å². The minimum absolute atomic E-state index is 0.0700. The summed E-state index contributed by atoms with van der Waals surface area (Å²) < 4.78 is 39.8. The molecule has 1 aromatic heterocycles. The third-order valence-electron chi connectivity index (χ3n) is 5.36. The zero-order valence-electron chi connectivity index (χ0n) is 14.9. The molecule has 6 nitrogen and oxygen atoms in total. The van der Waals surface area contributed by atoms with Crippen LogP contribution in [0.15, 0.2) is 24.3 Å². The number of piperidine rings is 1. The van der Waals surface area contributed by atoms with Crippen molar-refractivity contribution in [2.75, 3.05) is 20.1 Å². The highest BCUT2D eigenvalue weighted by Gasteiger charge is 2.39. The minimum atomic E-state index is -4.38. The number of benzene rings is 1. The fourth-order valence-corrected chi connectivity index (χ4v) is 3.73. The first-order chi connectivity index (χ1) is 12.7. The number of nitrogens with zero attached hydrogens (tertiary/aromatic N) is 4. The normalized spacial score (nSPS) is 20.2. The highest BCUT2D eigenvalue weighted by molar-refractivity contribution is 5.77. The van der Waals surface area contributed by atoms with E-state index in [9.17, 15) is 18.0 Å². The Kier molecular flexibility index (Phi) is 4.21. The van der Waals surface area contributed by atoms with Crippen molar-refractivity contribution in [1.29, 1.82) is 0 Å². The van der Waals surface area contributed by atoms with Crippen LogP contribution in [0.2, 0.25) is 0 Å². The van der Waals surface area contributed by atoms with E-state index < -0.39 is 11.7 Å². The summed E-state index contributed by atoms with van der Waals surface area (Å²) in [6.45, 7) is 1.85. The van der Waals surface area contributed by atoms with Gasteiger partial charge in [-0.05, 0) is 32.0 Å². The molecule has 3 heterocycles. The van der Waals surface area contributed by atoms with E-state index in [2.05, 4.69) is 27.3 Å². The summed E-state index contributed by atoms with van der Waals surface area (Å²) in [5, 5.41) is 7.51. The second-order valence-corrected chi connectivity index (χ2v) is 7.39. The molecular weight excluding hydrogens is 359 g/mol. The van der Waals surface area contributed by atoms with Crippen molar-refractivity contribution in [3.8, 4) is 11.4 Å². The van der Waals surface area contributed by atoms with Crippen LogP contribution in [0.1, 0.15) is 24.2 Å². The number of aromatic nitrogens is 3. The van der Waals surface area contributed by atoms with E-state index in [1.807, 2.05) is 0 Å². The molecule has 0 saturated carbocycles. The van der Waals surface area contributed by atoms with Crippen molar-refractivity contribution in [1.82, 2.24) is 25.0 Å². The molecule has 1 amide bonds. The zero-order chi connectivity index (χ0) is 19.2. The number of amides is 1. The number of alkyl halides is 3. The Bertz CT molecular complexity index is 851. The zero-order valence-corrected chi connectivity index (χ0v) is 14.9. The van der Waals surface area contributed by atoms with E-state index in [1.54, 1.807) is 4.68 Å². The highest BCUT2D eigenvalue weighted by Crippen LogP contribution is 2.31. The maximum atomic E-state index is 12.7. The lowest BCUT2D eigenvalue weighted by atomic mass is 9.84. The van der Waals surface area contributed by atoms with Crippen LogP contribution in [-0.2, 0) is 23.9 Å². The molecule has 0 unspecified atom stereocenters. The second kappa shape index (κ2) is 6.33. The summed E-state index contributed by atoms with van der Waals surface area (Å²) in [6.07, 6.45) is -2.15. The Morgan fingerprint density at radius 3 is 2.44 bits per heavy atom. The molecule has 4 rings (SSSR count). The molecule has 2 aliphatic heterocycles. The molecular formula is C18H20F3N5O. The smallest absolute Gasteiger partial charge is 0.349 e. The van der Waals surface area contributed by atoms with E-state index in [1.165, 1.54) is 12.1 Å². The largest absolute Gasteiger partial charge is 0.416 e. The fraction of sp³-hybridized carbons (Fsp3) is 0.500. The number of nitrogens with one attached hydrogen (secondary N) is 1. The van der Waals surface area contributed by atoms with Crippen LogP contribution in [0, 0.1) is 0 Å². The molecule has 1 aromatic carbocycles. The Labute approximate surface area is 154 Å². The fourth-order valence-electron chi connectivity index (χ4n) is 3.73. The van der Waals surface area contributed by atoms with Gasteiger partial charge in [-0.25, -0.2) is 9.67 Å². The van der Waals surface area contributed by atoms with Gasteiger partial charge >= 0.3 is 6.18 Å². The Morgan fingerprint density at radius 2 is 1.81 bits per heavy atom. The van der Waals surface area contributed by atoms with E-state index in [-0.39, 0.29) is 18.0 Å². The molecule has 1 saturated heterocycles. The molecule has 0 bridgehead atoms. The predicted octanol–water partition coefficient (Wildman–Crippen LogP) is 2.10. The van der Waals surface area contributed by atoms with Gasteiger partial charge in [-0.3, -0.25) is 4.79 Å². The highest BCUT2D eigenvalue weighted by atomic mass is 19.4. The molecule has 1 N–H and O–H groups in total. The Hall–Kier alpha value is -2.42. The molecule has 2 aromatic rings. The van der Waals surface area contributed by atoms with Crippen LogP contribution >= 0.6 is 0 Å². The van der Waals surface area contributed by atoms with Gasteiger partial charge in [0.1, 0.15) is 12.4 Å². The molecule has 9 heteroatoms. The maximum absolute atomic E-state index is 12.7. The molecule has 27 heavy (non-hydrogen) atoms. The molecule has 1 spiro atoms. The lowest BCUT2D eigenvalue weighted by molar-refractivity contribution is -0.137. The van der Waals surface area contributed by atoms with Crippen LogP contribution in [0.4, 0.5) is 13.2 Å². The summed E-state index contributed by atoms with van der Waals surface area (Å²) in [6, 6.07) is 4.77. The van der Waals surface area contributed by atoms with Gasteiger partial charge in [0.2, 0.25) is 5.91 Å². The van der Waals surface area contributed by atoms with E-state index in [0.29, 0.717) is 23.6 Å². The summed E-state index contributed by atoms with van der Waals surface area (Å²) in [5.74, 6) is 0.923. The first-order valence-corrected chi connectivity index (χ1v) is 8.85. The van der Waals surface area contributed by atoms with E-state index in [4.69, 9.17) is 0 Å². The van der Waals surface area contributed by atoms with Gasteiger partial charge in [0.25, 0.3) is 0 Å². The van der Waals surface area contributed by atoms with Crippen LogP contribution < -0.4 is 5.32 Å². The monoisotopic (exact) mass is 379 g/mol. The Balaban J connectivity index is 1.63. The van der Waals surface area contributed by atoms with Gasteiger partial charge in [0.05, 0.1) is 5.56 Å². The topological polar surface area (TPSA) is 63.1 Å². The van der Waals surface area contributed by atoms with Crippen molar-refractivity contribution in [2.24, 2.45) is 0 Å². The summed E-state index contributed by atoms with van der Waals surface area (Å²) in [4.78, 5) is 19.1. The Morgan fingerprint density at radius 1 is 1.15 bits per heavy atom. The van der Waals surface area contributed by atoms with E-state index in [0.717, 1.165) is 38.1 Å². The standard InChI is InChI=1S/C18H20F3N5O/c1-25-8-6-17(7-9-25)10-14-22-16(24-26(14)11-15(27)23-17)12-2-4-13(5-3-12)18(19,20)21/h2-5H,6-11H2,1H3,(H,23,27). The molecule has 144 valence electrons. The van der Waals surface area contributed by atoms with Crippen LogP contribution in [0.3, 0.4) is 0 Å². The van der Waals surface area contributed by atoms with Crippen LogP contribution in [-0.4, -0.2) is 51.2 Å². The van der Waals surface area contributed by atoms with Gasteiger partial charge in [-0.2, -0.15) is 18.3 Å². The number of hydrogen-bond acceptors (Lipinski definition) is 4. The molecule has 2 aliphatic rings. The lowest BCUT2D eigenvalue weighted by Crippen LogP contribution is -2.55. The SMILES string of the molecule is CN1CCC2(CC1)Cc1nc(-c3ccc(C(F)(F)F)cc3)nn1CC(=O)N2. The number of hydrogen-bond donors (Lipinski definition) is 1. The number of rotatable bonds is 1. The summed E-state index contributed by atoms with van der Waals surface area (Å²) >= 11 is 0. The third kappa shape index (κ3) is 3.55. The van der Waals surface area contributed by atoms with Crippen molar-refractivity contribution in [2.45, 2.75) is 37.5 Å². The number of carbonyl (C=O) groups excluding carboxylic acids is 1. The average molecular weight is 379 g/mol. The summed E-state index contributed by atoms with van der Waals surface area (Å²) in [7, 11) is 2.05. The van der Waals surface area contributed by atoms with Gasteiger partial charge in [0, 0.05) is 30.6 Å². The number of fused-ring (bicyclic) bond motifs is 1. The quantitative estimate of drug-likeness (QED) is 0.824. The number of likely N-dealkylation sites (tertiary alicyclic amines) is 1.